The number of amides is 1. The fourth-order valence-electron chi connectivity index (χ4n) is 2.15. The number of thioether (sulfide) groups is 1. The number of hydrogen-bond acceptors (Lipinski definition) is 3. The van der Waals surface area contributed by atoms with Crippen molar-refractivity contribution in [2.75, 3.05) is 12.3 Å². The van der Waals surface area contributed by atoms with Gasteiger partial charge in [-0.3, -0.25) is 4.79 Å². The van der Waals surface area contributed by atoms with Crippen LogP contribution in [-0.4, -0.2) is 23.3 Å². The zero-order valence-electron chi connectivity index (χ0n) is 12.7. The second-order valence-corrected chi connectivity index (χ2v) is 6.26. The van der Waals surface area contributed by atoms with E-state index in [1.807, 2.05) is 61.5 Å². The summed E-state index contributed by atoms with van der Waals surface area (Å²) in [4.78, 5) is 13.0. The van der Waals surface area contributed by atoms with E-state index in [0.717, 1.165) is 21.8 Å². The van der Waals surface area contributed by atoms with Gasteiger partial charge in [-0.25, -0.2) is 0 Å². The fourth-order valence-corrected chi connectivity index (χ4v) is 3.02. The Kier molecular flexibility index (Phi) is 6.49. The summed E-state index contributed by atoms with van der Waals surface area (Å²) in [6.07, 6.45) is -0.216. The molecule has 1 atom stereocenters. The van der Waals surface area contributed by atoms with E-state index in [4.69, 9.17) is 0 Å². The number of nitrogens with one attached hydrogen (secondary N) is 1. The highest BCUT2D eigenvalue weighted by Crippen LogP contribution is 2.18. The van der Waals surface area contributed by atoms with Crippen LogP contribution in [0.3, 0.4) is 0 Å². The highest BCUT2D eigenvalue weighted by molar-refractivity contribution is 7.99. The third-order valence-electron chi connectivity index (χ3n) is 3.38. The van der Waals surface area contributed by atoms with Gasteiger partial charge in [0.1, 0.15) is 0 Å². The molecule has 0 fully saturated rings. The molecule has 0 spiro atoms. The Hall–Kier alpha value is -1.78. The lowest BCUT2D eigenvalue weighted by Crippen LogP contribution is -2.28. The van der Waals surface area contributed by atoms with Gasteiger partial charge in [0.25, 0.3) is 0 Å². The number of aliphatic hydroxyl groups is 1. The number of benzene rings is 2. The molecule has 2 aromatic rings. The molecule has 0 aliphatic carbocycles. The first-order valence-corrected chi connectivity index (χ1v) is 8.33. The van der Waals surface area contributed by atoms with E-state index in [9.17, 15) is 9.90 Å². The summed E-state index contributed by atoms with van der Waals surface area (Å²) in [6.45, 7) is 2.20. The number of aryl methyl sites for hydroxylation is 1. The third kappa shape index (κ3) is 5.20. The van der Waals surface area contributed by atoms with Crippen LogP contribution in [0.25, 0.3) is 0 Å². The van der Waals surface area contributed by atoms with Gasteiger partial charge in [0.05, 0.1) is 6.10 Å². The molecule has 2 aromatic carbocycles. The van der Waals surface area contributed by atoms with Crippen LogP contribution in [0.5, 0.6) is 0 Å². The van der Waals surface area contributed by atoms with Crippen molar-refractivity contribution in [3.63, 3.8) is 0 Å². The summed E-state index contributed by atoms with van der Waals surface area (Å²) in [5.41, 5.74) is 1.89. The first kappa shape index (κ1) is 16.6. The van der Waals surface area contributed by atoms with Crippen molar-refractivity contribution in [1.29, 1.82) is 0 Å². The van der Waals surface area contributed by atoms with E-state index in [1.54, 1.807) is 11.8 Å². The van der Waals surface area contributed by atoms with Crippen molar-refractivity contribution in [3.8, 4) is 0 Å². The number of rotatable bonds is 7. The second-order valence-electron chi connectivity index (χ2n) is 5.09. The quantitative estimate of drug-likeness (QED) is 0.771. The van der Waals surface area contributed by atoms with Crippen molar-refractivity contribution in [2.45, 2.75) is 24.3 Å². The number of aliphatic hydroxyl groups excluding tert-OH is 1. The monoisotopic (exact) mass is 315 g/mol. The fraction of sp³-hybridized carbons (Fsp3) is 0.278. The van der Waals surface area contributed by atoms with E-state index >= 15 is 0 Å². The third-order valence-corrected chi connectivity index (χ3v) is 4.39. The van der Waals surface area contributed by atoms with Gasteiger partial charge in [-0.2, -0.15) is 0 Å². The standard InChI is InChI=1S/C18H21NO2S/c1-14-7-5-6-10-16(14)17(20)13-19-18(21)11-12-22-15-8-3-2-4-9-15/h2-10,17,20H,11-13H2,1H3,(H,19,21). The van der Waals surface area contributed by atoms with Crippen molar-refractivity contribution in [2.24, 2.45) is 0 Å². The van der Waals surface area contributed by atoms with E-state index in [0.29, 0.717) is 6.42 Å². The summed E-state index contributed by atoms with van der Waals surface area (Å²) in [5.74, 6) is 0.701. The first-order valence-electron chi connectivity index (χ1n) is 7.35. The normalized spacial score (nSPS) is 11.9. The Balaban J connectivity index is 1.70. The average Bonchev–Trinajstić information content (AvgIpc) is 2.54. The van der Waals surface area contributed by atoms with E-state index in [2.05, 4.69) is 5.32 Å². The molecule has 0 saturated heterocycles. The van der Waals surface area contributed by atoms with Crippen LogP contribution in [0.1, 0.15) is 23.7 Å². The van der Waals surface area contributed by atoms with Gasteiger partial charge in [0.2, 0.25) is 5.91 Å². The van der Waals surface area contributed by atoms with Crippen LogP contribution < -0.4 is 5.32 Å². The molecule has 4 heteroatoms. The smallest absolute Gasteiger partial charge is 0.220 e. The molecule has 0 aromatic heterocycles. The van der Waals surface area contributed by atoms with Crippen LogP contribution in [-0.2, 0) is 4.79 Å². The van der Waals surface area contributed by atoms with E-state index in [1.165, 1.54) is 0 Å². The Labute approximate surface area is 135 Å². The molecular formula is C18H21NO2S. The lowest BCUT2D eigenvalue weighted by atomic mass is 10.0. The van der Waals surface area contributed by atoms with Gasteiger partial charge in [-0.05, 0) is 30.2 Å². The molecule has 22 heavy (non-hydrogen) atoms. The van der Waals surface area contributed by atoms with Gasteiger partial charge in [-0.1, -0.05) is 42.5 Å². The minimum Gasteiger partial charge on any atom is -0.387 e. The maximum absolute atomic E-state index is 11.8. The second kappa shape index (κ2) is 8.61. The van der Waals surface area contributed by atoms with Crippen LogP contribution in [0, 0.1) is 6.92 Å². The zero-order valence-corrected chi connectivity index (χ0v) is 13.5. The summed E-state index contributed by atoms with van der Waals surface area (Å²) in [5, 5.41) is 12.9. The summed E-state index contributed by atoms with van der Waals surface area (Å²) in [6, 6.07) is 17.7. The van der Waals surface area contributed by atoms with Gasteiger partial charge >= 0.3 is 0 Å². The lowest BCUT2D eigenvalue weighted by molar-refractivity contribution is -0.121. The minimum absolute atomic E-state index is 0.0314. The van der Waals surface area contributed by atoms with Crippen molar-refractivity contribution in [1.82, 2.24) is 5.32 Å². The molecular weight excluding hydrogens is 294 g/mol. The Morgan fingerprint density at radius 1 is 1.14 bits per heavy atom. The molecule has 0 saturated carbocycles. The SMILES string of the molecule is Cc1ccccc1C(O)CNC(=O)CCSc1ccccc1. The van der Waals surface area contributed by atoms with Gasteiger partial charge in [0, 0.05) is 23.6 Å². The molecule has 2 rings (SSSR count). The predicted octanol–water partition coefficient (Wildman–Crippen LogP) is 3.33. The average molecular weight is 315 g/mol. The van der Waals surface area contributed by atoms with Gasteiger partial charge in [-0.15, -0.1) is 11.8 Å². The van der Waals surface area contributed by atoms with E-state index < -0.39 is 6.10 Å². The number of hydrogen-bond donors (Lipinski definition) is 2. The molecule has 0 bridgehead atoms. The highest BCUT2D eigenvalue weighted by Gasteiger charge is 2.11. The van der Waals surface area contributed by atoms with Crippen molar-refractivity contribution in [3.05, 3.63) is 65.7 Å². The predicted molar refractivity (Wildman–Crippen MR) is 90.9 cm³/mol. The molecule has 1 amide bonds. The number of carbonyl (C=O) groups is 1. The zero-order chi connectivity index (χ0) is 15.8. The Morgan fingerprint density at radius 2 is 1.82 bits per heavy atom. The van der Waals surface area contributed by atoms with Crippen LogP contribution in [0.15, 0.2) is 59.5 Å². The topological polar surface area (TPSA) is 49.3 Å². The lowest BCUT2D eigenvalue weighted by Gasteiger charge is -2.14. The Morgan fingerprint density at radius 3 is 2.55 bits per heavy atom. The maximum Gasteiger partial charge on any atom is 0.220 e. The minimum atomic E-state index is -0.660. The van der Waals surface area contributed by atoms with Crippen LogP contribution in [0.2, 0.25) is 0 Å². The molecule has 2 N–H and O–H groups in total. The molecule has 116 valence electrons. The molecule has 3 nitrogen and oxygen atoms in total. The Bertz CT molecular complexity index is 601. The highest BCUT2D eigenvalue weighted by atomic mass is 32.2. The van der Waals surface area contributed by atoms with Gasteiger partial charge < -0.3 is 10.4 Å². The molecule has 0 aliphatic heterocycles. The first-order chi connectivity index (χ1) is 10.7. The molecule has 1 unspecified atom stereocenters. The van der Waals surface area contributed by atoms with Crippen LogP contribution in [0.4, 0.5) is 0 Å². The van der Waals surface area contributed by atoms with E-state index in [-0.39, 0.29) is 12.5 Å². The maximum atomic E-state index is 11.8. The molecule has 0 aliphatic rings. The summed E-state index contributed by atoms with van der Waals surface area (Å²) >= 11 is 1.66. The van der Waals surface area contributed by atoms with Crippen molar-refractivity contribution >= 4 is 17.7 Å². The molecule has 0 radical (unpaired) electrons. The molecule has 0 heterocycles. The largest absolute Gasteiger partial charge is 0.387 e. The van der Waals surface area contributed by atoms with Crippen LogP contribution >= 0.6 is 11.8 Å². The summed E-state index contributed by atoms with van der Waals surface area (Å²) < 4.78 is 0. The van der Waals surface area contributed by atoms with Gasteiger partial charge in [0.15, 0.2) is 0 Å². The summed E-state index contributed by atoms with van der Waals surface area (Å²) in [7, 11) is 0. The number of carbonyl (C=O) groups excluding carboxylic acids is 1. The van der Waals surface area contributed by atoms with Crippen molar-refractivity contribution < 1.29 is 9.90 Å².